The van der Waals surface area contributed by atoms with Gasteiger partial charge >= 0.3 is 0 Å². The lowest BCUT2D eigenvalue weighted by Crippen LogP contribution is -2.49. The molecule has 1 aromatic heterocycles. The molecule has 1 aromatic carbocycles. The van der Waals surface area contributed by atoms with E-state index in [1.54, 1.807) is 18.4 Å². The number of nitrogens with one attached hydrogen (secondary N) is 2. The van der Waals surface area contributed by atoms with E-state index in [-0.39, 0.29) is 5.56 Å². The van der Waals surface area contributed by atoms with Gasteiger partial charge in [-0.2, -0.15) is 11.3 Å². The summed E-state index contributed by atoms with van der Waals surface area (Å²) in [6.45, 7) is 3.42. The molecule has 1 unspecified atom stereocenters. The zero-order valence-corrected chi connectivity index (χ0v) is 18.7. The predicted octanol–water partition coefficient (Wildman–Crippen LogP) is 3.46. The molecule has 1 saturated heterocycles. The summed E-state index contributed by atoms with van der Waals surface area (Å²) in [6, 6.07) is 6.05. The van der Waals surface area contributed by atoms with Gasteiger partial charge in [-0.1, -0.05) is 6.07 Å². The highest BCUT2D eigenvalue weighted by Crippen LogP contribution is 2.24. The number of nitrogens with zero attached hydrogens (tertiary/aromatic N) is 3. The monoisotopic (exact) mass is 435 g/mol. The van der Waals surface area contributed by atoms with Crippen molar-refractivity contribution in [3.63, 3.8) is 0 Å². The van der Waals surface area contributed by atoms with Gasteiger partial charge in [0.2, 0.25) is 0 Å². The number of thiophene rings is 1. The molecule has 0 bridgehead atoms. The van der Waals surface area contributed by atoms with Crippen molar-refractivity contribution >= 4 is 17.3 Å². The minimum absolute atomic E-state index is 0.0761. The summed E-state index contributed by atoms with van der Waals surface area (Å²) in [4.78, 5) is 8.59. The lowest BCUT2D eigenvalue weighted by Gasteiger charge is -2.33. The Bertz CT molecular complexity index is 797. The normalized spacial score (nSPS) is 17.3. The Hall–Kier alpha value is -2.03. The molecular formula is C22H31F2N5S. The van der Waals surface area contributed by atoms with Gasteiger partial charge in [-0.05, 0) is 61.5 Å². The van der Waals surface area contributed by atoms with Crippen LogP contribution in [0.15, 0.2) is 40.0 Å². The number of benzene rings is 1. The first kappa shape index (κ1) is 22.7. The Labute approximate surface area is 181 Å². The van der Waals surface area contributed by atoms with Gasteiger partial charge in [0.25, 0.3) is 0 Å². The summed E-state index contributed by atoms with van der Waals surface area (Å²) in [5, 5.41) is 11.0. The maximum Gasteiger partial charge on any atom is 0.191 e. The Kier molecular flexibility index (Phi) is 8.18. The van der Waals surface area contributed by atoms with Crippen molar-refractivity contribution in [1.29, 1.82) is 0 Å². The summed E-state index contributed by atoms with van der Waals surface area (Å²) in [7, 11) is 5.35. The van der Waals surface area contributed by atoms with E-state index in [0.717, 1.165) is 32.5 Å². The van der Waals surface area contributed by atoms with E-state index in [4.69, 9.17) is 0 Å². The standard InChI is InChI=1S/C22H31F2N5S/c1-25-22(26-13-20(28(2)3)21-18(23)5-4-6-19(21)24)27-17-7-10-29(11-8-17)14-16-9-12-30-15-16/h4-6,9,12,15,17,20H,7-8,10-11,13-14H2,1-3H3,(H2,25,26,27). The first-order valence-corrected chi connectivity index (χ1v) is 11.2. The number of guanidine groups is 1. The zero-order chi connectivity index (χ0) is 21.5. The van der Waals surface area contributed by atoms with Crippen molar-refractivity contribution in [1.82, 2.24) is 20.4 Å². The molecule has 5 nitrogen and oxygen atoms in total. The van der Waals surface area contributed by atoms with Crippen molar-refractivity contribution in [2.45, 2.75) is 31.5 Å². The van der Waals surface area contributed by atoms with Gasteiger partial charge in [0, 0.05) is 44.8 Å². The number of halogens is 2. The third-order valence-electron chi connectivity index (χ3n) is 5.56. The molecule has 0 aliphatic carbocycles. The molecular weight excluding hydrogens is 404 g/mol. The number of hydrogen-bond donors (Lipinski definition) is 2. The SMILES string of the molecule is CN=C(NCC(c1c(F)cccc1F)N(C)C)NC1CCN(Cc2ccsc2)CC1. The zero-order valence-electron chi connectivity index (χ0n) is 17.9. The lowest BCUT2D eigenvalue weighted by molar-refractivity contribution is 0.198. The first-order valence-electron chi connectivity index (χ1n) is 10.3. The van der Waals surface area contributed by atoms with Crippen molar-refractivity contribution < 1.29 is 8.78 Å². The van der Waals surface area contributed by atoms with Crippen LogP contribution in [-0.2, 0) is 6.54 Å². The minimum atomic E-state index is -0.531. The summed E-state index contributed by atoms with van der Waals surface area (Å²) >= 11 is 1.74. The van der Waals surface area contributed by atoms with Crippen molar-refractivity contribution in [2.75, 3.05) is 40.8 Å². The summed E-state index contributed by atoms with van der Waals surface area (Å²) < 4.78 is 28.5. The quantitative estimate of drug-likeness (QED) is 0.516. The highest BCUT2D eigenvalue weighted by atomic mass is 32.1. The maximum absolute atomic E-state index is 14.3. The summed E-state index contributed by atoms with van der Waals surface area (Å²) in [5.74, 6) is -0.400. The van der Waals surface area contributed by atoms with Gasteiger partial charge in [0.05, 0.1) is 6.04 Å². The predicted molar refractivity (Wildman–Crippen MR) is 120 cm³/mol. The topological polar surface area (TPSA) is 42.9 Å². The average Bonchev–Trinajstić information content (AvgIpc) is 3.23. The average molecular weight is 436 g/mol. The van der Waals surface area contributed by atoms with E-state index >= 15 is 0 Å². The molecule has 2 heterocycles. The summed E-state index contributed by atoms with van der Waals surface area (Å²) in [5.41, 5.74) is 1.45. The number of hydrogen-bond acceptors (Lipinski definition) is 4. The Morgan fingerprint density at radius 3 is 2.50 bits per heavy atom. The van der Waals surface area contributed by atoms with Gasteiger partial charge in [0.1, 0.15) is 11.6 Å². The molecule has 1 atom stereocenters. The second-order valence-electron chi connectivity index (χ2n) is 7.89. The van der Waals surface area contributed by atoms with Crippen LogP contribution < -0.4 is 10.6 Å². The van der Waals surface area contributed by atoms with Crippen molar-refractivity contribution in [3.8, 4) is 0 Å². The molecule has 3 rings (SSSR count). The molecule has 0 saturated carbocycles. The van der Waals surface area contributed by atoms with Crippen LogP contribution in [0.25, 0.3) is 0 Å². The number of likely N-dealkylation sites (tertiary alicyclic amines) is 1. The minimum Gasteiger partial charge on any atom is -0.354 e. The van der Waals surface area contributed by atoms with Crippen LogP contribution >= 0.6 is 11.3 Å². The number of likely N-dealkylation sites (N-methyl/N-ethyl adjacent to an activating group) is 1. The van der Waals surface area contributed by atoms with Crippen molar-refractivity contribution in [3.05, 3.63) is 57.8 Å². The number of piperidine rings is 1. The third-order valence-corrected chi connectivity index (χ3v) is 6.29. The van der Waals surface area contributed by atoms with Crippen LogP contribution in [0.2, 0.25) is 0 Å². The van der Waals surface area contributed by atoms with E-state index < -0.39 is 17.7 Å². The van der Waals surface area contributed by atoms with E-state index in [0.29, 0.717) is 18.5 Å². The van der Waals surface area contributed by atoms with Gasteiger partial charge < -0.3 is 15.5 Å². The molecule has 2 N–H and O–H groups in total. The Balaban J connectivity index is 1.52. The number of aliphatic imine (C=N–C) groups is 1. The molecule has 0 amide bonds. The van der Waals surface area contributed by atoms with Crippen molar-refractivity contribution in [2.24, 2.45) is 4.99 Å². The second kappa shape index (κ2) is 10.8. The molecule has 164 valence electrons. The molecule has 0 radical (unpaired) electrons. The van der Waals surface area contributed by atoms with Gasteiger partial charge in [0.15, 0.2) is 5.96 Å². The lowest BCUT2D eigenvalue weighted by atomic mass is 10.0. The largest absolute Gasteiger partial charge is 0.354 e. The molecule has 1 aliphatic heterocycles. The highest BCUT2D eigenvalue weighted by Gasteiger charge is 2.24. The number of rotatable bonds is 7. The highest BCUT2D eigenvalue weighted by molar-refractivity contribution is 7.07. The molecule has 0 spiro atoms. The smallest absolute Gasteiger partial charge is 0.191 e. The molecule has 2 aromatic rings. The van der Waals surface area contributed by atoms with E-state index in [1.807, 2.05) is 19.0 Å². The van der Waals surface area contributed by atoms with Crippen LogP contribution in [-0.4, -0.2) is 62.6 Å². The first-order chi connectivity index (χ1) is 14.5. The molecule has 30 heavy (non-hydrogen) atoms. The van der Waals surface area contributed by atoms with Gasteiger partial charge in [-0.25, -0.2) is 8.78 Å². The van der Waals surface area contributed by atoms with E-state index in [1.165, 1.54) is 23.8 Å². The van der Waals surface area contributed by atoms with Gasteiger partial charge in [-0.3, -0.25) is 9.89 Å². The van der Waals surface area contributed by atoms with Crippen LogP contribution in [0.3, 0.4) is 0 Å². The summed E-state index contributed by atoms with van der Waals surface area (Å²) in [6.07, 6.45) is 2.06. The third kappa shape index (κ3) is 6.00. The maximum atomic E-state index is 14.3. The van der Waals surface area contributed by atoms with Crippen LogP contribution in [0.1, 0.15) is 30.0 Å². The van der Waals surface area contributed by atoms with Crippen LogP contribution in [0.5, 0.6) is 0 Å². The fraction of sp³-hybridized carbons (Fsp3) is 0.500. The van der Waals surface area contributed by atoms with Crippen LogP contribution in [0.4, 0.5) is 8.78 Å². The van der Waals surface area contributed by atoms with Crippen LogP contribution in [0, 0.1) is 11.6 Å². The Morgan fingerprint density at radius 2 is 1.93 bits per heavy atom. The second-order valence-corrected chi connectivity index (χ2v) is 8.67. The Morgan fingerprint density at radius 1 is 1.23 bits per heavy atom. The molecule has 1 aliphatic rings. The molecule has 8 heteroatoms. The van der Waals surface area contributed by atoms with E-state index in [2.05, 4.69) is 37.4 Å². The fourth-order valence-electron chi connectivity index (χ4n) is 3.83. The fourth-order valence-corrected chi connectivity index (χ4v) is 4.49. The molecule has 1 fully saturated rings. The van der Waals surface area contributed by atoms with Gasteiger partial charge in [-0.15, -0.1) is 0 Å². The van der Waals surface area contributed by atoms with E-state index in [9.17, 15) is 8.78 Å².